The van der Waals surface area contributed by atoms with Gasteiger partial charge in [-0.2, -0.15) is 0 Å². The molecular weight excluding hydrogens is 321 g/mol. The van der Waals surface area contributed by atoms with Crippen molar-refractivity contribution >= 4 is 33.2 Å². The van der Waals surface area contributed by atoms with Gasteiger partial charge in [-0.15, -0.1) is 0 Å². The normalized spacial score (nSPS) is 10.4. The number of ether oxygens (including phenoxy) is 1. The zero-order valence-electron chi connectivity index (χ0n) is 9.29. The Morgan fingerprint density at radius 1 is 1.22 bits per heavy atom. The van der Waals surface area contributed by atoms with E-state index in [9.17, 15) is 4.39 Å². The van der Waals surface area contributed by atoms with Crippen LogP contribution in [-0.4, -0.2) is 0 Å². The van der Waals surface area contributed by atoms with E-state index in [-0.39, 0.29) is 12.3 Å². The van der Waals surface area contributed by atoms with Gasteiger partial charge in [-0.1, -0.05) is 33.6 Å². The Labute approximate surface area is 118 Å². The van der Waals surface area contributed by atoms with E-state index in [4.69, 9.17) is 22.1 Å². The van der Waals surface area contributed by atoms with Gasteiger partial charge in [0.2, 0.25) is 0 Å². The predicted molar refractivity (Wildman–Crippen MR) is 74.3 cm³/mol. The molecule has 5 heteroatoms. The van der Waals surface area contributed by atoms with Gasteiger partial charge >= 0.3 is 0 Å². The average Bonchev–Trinajstić information content (AvgIpc) is 2.34. The number of rotatable bonds is 3. The number of halogens is 3. The van der Waals surface area contributed by atoms with Crippen molar-refractivity contribution in [2.24, 2.45) is 0 Å². The summed E-state index contributed by atoms with van der Waals surface area (Å²) in [6, 6.07) is 9.88. The summed E-state index contributed by atoms with van der Waals surface area (Å²) >= 11 is 9.31. The molecular formula is C13H10BrClFNO. The maximum Gasteiger partial charge on any atom is 0.146 e. The summed E-state index contributed by atoms with van der Waals surface area (Å²) in [5.41, 5.74) is 6.21. The van der Waals surface area contributed by atoms with E-state index >= 15 is 0 Å². The average molecular weight is 331 g/mol. The van der Waals surface area contributed by atoms with Crippen LogP contribution in [0.4, 0.5) is 10.1 Å². The topological polar surface area (TPSA) is 35.2 Å². The molecule has 0 amide bonds. The van der Waals surface area contributed by atoms with Crippen LogP contribution >= 0.6 is 27.5 Å². The highest BCUT2D eigenvalue weighted by atomic mass is 79.9. The van der Waals surface area contributed by atoms with Crippen molar-refractivity contribution in [2.45, 2.75) is 6.61 Å². The van der Waals surface area contributed by atoms with Crippen LogP contribution in [0.1, 0.15) is 5.56 Å². The molecule has 0 heterocycles. The van der Waals surface area contributed by atoms with Gasteiger partial charge in [0.05, 0.1) is 10.7 Å². The molecule has 0 bridgehead atoms. The molecule has 0 aliphatic carbocycles. The summed E-state index contributed by atoms with van der Waals surface area (Å²) in [5, 5.41) is 0.508. The lowest BCUT2D eigenvalue weighted by atomic mass is 10.2. The van der Waals surface area contributed by atoms with Crippen molar-refractivity contribution in [2.75, 3.05) is 5.73 Å². The summed E-state index contributed by atoms with van der Waals surface area (Å²) < 4.78 is 19.6. The molecule has 0 saturated heterocycles. The molecule has 2 nitrogen and oxygen atoms in total. The number of hydrogen-bond donors (Lipinski definition) is 1. The van der Waals surface area contributed by atoms with Crippen molar-refractivity contribution in [1.29, 1.82) is 0 Å². The molecule has 2 aromatic carbocycles. The van der Waals surface area contributed by atoms with Gasteiger partial charge in [0, 0.05) is 4.47 Å². The van der Waals surface area contributed by atoms with Crippen LogP contribution in [0.3, 0.4) is 0 Å². The van der Waals surface area contributed by atoms with Gasteiger partial charge in [0.15, 0.2) is 0 Å². The second-order valence-corrected chi connectivity index (χ2v) is 5.04. The second-order valence-electron chi connectivity index (χ2n) is 3.72. The van der Waals surface area contributed by atoms with Crippen LogP contribution in [0.2, 0.25) is 5.02 Å². The van der Waals surface area contributed by atoms with Crippen LogP contribution in [-0.2, 0) is 6.61 Å². The molecule has 2 N–H and O–H groups in total. The number of hydrogen-bond acceptors (Lipinski definition) is 2. The fraction of sp³-hybridized carbons (Fsp3) is 0.0769. The van der Waals surface area contributed by atoms with E-state index in [0.717, 1.165) is 4.47 Å². The lowest BCUT2D eigenvalue weighted by molar-refractivity contribution is 0.305. The molecule has 0 fully saturated rings. The van der Waals surface area contributed by atoms with Crippen molar-refractivity contribution in [3.8, 4) is 5.75 Å². The molecule has 0 spiro atoms. The number of benzene rings is 2. The third-order valence-electron chi connectivity index (χ3n) is 2.35. The molecule has 94 valence electrons. The van der Waals surface area contributed by atoms with Crippen molar-refractivity contribution < 1.29 is 9.13 Å². The predicted octanol–water partition coefficient (Wildman–Crippen LogP) is 4.40. The molecule has 2 rings (SSSR count). The molecule has 0 radical (unpaired) electrons. The lowest BCUT2D eigenvalue weighted by Crippen LogP contribution is -1.98. The molecule has 18 heavy (non-hydrogen) atoms. The Balaban J connectivity index is 2.11. The maximum atomic E-state index is 13.2. The Bertz CT molecular complexity index is 577. The van der Waals surface area contributed by atoms with Gasteiger partial charge in [-0.25, -0.2) is 4.39 Å². The van der Waals surface area contributed by atoms with Crippen molar-refractivity contribution in [3.05, 3.63) is 57.3 Å². The smallest absolute Gasteiger partial charge is 0.146 e. The quantitative estimate of drug-likeness (QED) is 0.846. The monoisotopic (exact) mass is 329 g/mol. The fourth-order valence-corrected chi connectivity index (χ4v) is 1.92. The summed E-state index contributed by atoms with van der Waals surface area (Å²) in [6.07, 6.45) is 0. The summed E-state index contributed by atoms with van der Waals surface area (Å²) in [7, 11) is 0. The van der Waals surface area contributed by atoms with E-state index in [2.05, 4.69) is 15.9 Å². The van der Waals surface area contributed by atoms with Gasteiger partial charge in [-0.05, 0) is 35.9 Å². The van der Waals surface area contributed by atoms with Crippen LogP contribution in [0.25, 0.3) is 0 Å². The van der Waals surface area contributed by atoms with Crippen molar-refractivity contribution in [1.82, 2.24) is 0 Å². The Hall–Kier alpha value is -1.26. The van der Waals surface area contributed by atoms with Crippen molar-refractivity contribution in [3.63, 3.8) is 0 Å². The zero-order chi connectivity index (χ0) is 13.1. The highest BCUT2D eigenvalue weighted by Crippen LogP contribution is 2.28. The first-order valence-corrected chi connectivity index (χ1v) is 6.35. The zero-order valence-corrected chi connectivity index (χ0v) is 11.6. The van der Waals surface area contributed by atoms with E-state index in [1.54, 1.807) is 18.2 Å². The highest BCUT2D eigenvalue weighted by Gasteiger charge is 2.04. The molecule has 0 unspecified atom stereocenters. The second kappa shape index (κ2) is 5.59. The summed E-state index contributed by atoms with van der Waals surface area (Å²) in [6.45, 7) is 0.230. The minimum absolute atomic E-state index is 0.124. The van der Waals surface area contributed by atoms with E-state index < -0.39 is 5.82 Å². The summed E-state index contributed by atoms with van der Waals surface area (Å²) in [5.74, 6) is 0.0970. The SMILES string of the molecule is Nc1ccc(COc2cc(Br)ccc2Cl)cc1F. The molecule has 0 aliphatic heterocycles. The summed E-state index contributed by atoms with van der Waals surface area (Å²) in [4.78, 5) is 0. The van der Waals surface area contributed by atoms with E-state index in [0.29, 0.717) is 16.3 Å². The van der Waals surface area contributed by atoms with Gasteiger partial charge in [-0.3, -0.25) is 0 Å². The highest BCUT2D eigenvalue weighted by molar-refractivity contribution is 9.10. The molecule has 0 atom stereocenters. The third kappa shape index (κ3) is 3.15. The van der Waals surface area contributed by atoms with Gasteiger partial charge in [0.25, 0.3) is 0 Å². The third-order valence-corrected chi connectivity index (χ3v) is 3.16. The number of nitrogens with two attached hydrogens (primary N) is 1. The molecule has 0 saturated carbocycles. The lowest BCUT2D eigenvalue weighted by Gasteiger charge is -2.09. The Kier molecular flexibility index (Phi) is 4.09. The first-order chi connectivity index (χ1) is 8.56. The minimum atomic E-state index is -0.448. The number of anilines is 1. The standard InChI is InChI=1S/C13H10BrClFNO/c14-9-2-3-10(15)13(6-9)18-7-8-1-4-12(17)11(16)5-8/h1-6H,7,17H2. The van der Waals surface area contributed by atoms with E-state index in [1.165, 1.54) is 12.1 Å². The Morgan fingerprint density at radius 3 is 2.72 bits per heavy atom. The van der Waals surface area contributed by atoms with Gasteiger partial charge < -0.3 is 10.5 Å². The van der Waals surface area contributed by atoms with Crippen LogP contribution in [0.5, 0.6) is 5.75 Å². The van der Waals surface area contributed by atoms with Crippen LogP contribution < -0.4 is 10.5 Å². The van der Waals surface area contributed by atoms with Gasteiger partial charge in [0.1, 0.15) is 18.2 Å². The molecule has 0 aliphatic rings. The first-order valence-electron chi connectivity index (χ1n) is 5.18. The minimum Gasteiger partial charge on any atom is -0.487 e. The largest absolute Gasteiger partial charge is 0.487 e. The first kappa shape index (κ1) is 13.2. The molecule has 2 aromatic rings. The molecule has 0 aromatic heterocycles. The maximum absolute atomic E-state index is 13.2. The number of nitrogen functional groups attached to an aromatic ring is 1. The van der Waals surface area contributed by atoms with Crippen LogP contribution in [0.15, 0.2) is 40.9 Å². The van der Waals surface area contributed by atoms with E-state index in [1.807, 2.05) is 6.07 Å². The fourth-order valence-electron chi connectivity index (χ4n) is 1.41. The Morgan fingerprint density at radius 2 is 2.00 bits per heavy atom. The van der Waals surface area contributed by atoms with Crippen LogP contribution in [0, 0.1) is 5.82 Å².